The first-order chi connectivity index (χ1) is 8.36. The van der Waals surface area contributed by atoms with Crippen molar-refractivity contribution in [1.29, 1.82) is 0 Å². The van der Waals surface area contributed by atoms with E-state index >= 15 is 0 Å². The third-order valence-electron chi connectivity index (χ3n) is 2.37. The predicted molar refractivity (Wildman–Crippen MR) is 71.5 cm³/mol. The molecule has 0 spiro atoms. The molecule has 0 unspecified atom stereocenters. The van der Waals surface area contributed by atoms with Gasteiger partial charge in [-0.05, 0) is 19.4 Å². The highest BCUT2D eigenvalue weighted by molar-refractivity contribution is 7.13. The van der Waals surface area contributed by atoms with Gasteiger partial charge < -0.3 is 10.1 Å². The van der Waals surface area contributed by atoms with Gasteiger partial charge in [-0.25, -0.2) is 0 Å². The molecule has 1 heterocycles. The van der Waals surface area contributed by atoms with Crippen LogP contribution in [0.1, 0.15) is 51.0 Å². The first-order valence-electron chi connectivity index (χ1n) is 6.52. The van der Waals surface area contributed by atoms with Gasteiger partial charge in [0.25, 0.3) is 5.19 Å². The Kier molecular flexibility index (Phi) is 7.92. The van der Waals surface area contributed by atoms with E-state index in [0.717, 1.165) is 37.5 Å². The molecule has 17 heavy (non-hydrogen) atoms. The highest BCUT2D eigenvalue weighted by atomic mass is 32.1. The summed E-state index contributed by atoms with van der Waals surface area (Å²) in [6.07, 6.45) is 6.02. The van der Waals surface area contributed by atoms with Gasteiger partial charge in [0.05, 0.1) is 6.61 Å². The maximum atomic E-state index is 5.56. The summed E-state index contributed by atoms with van der Waals surface area (Å²) in [5.74, 6) is 0. The van der Waals surface area contributed by atoms with Crippen molar-refractivity contribution in [3.63, 3.8) is 0 Å². The quantitative estimate of drug-likeness (QED) is 0.655. The number of nitrogens with one attached hydrogen (secondary N) is 1. The van der Waals surface area contributed by atoms with Crippen molar-refractivity contribution in [3.05, 3.63) is 5.01 Å². The van der Waals surface area contributed by atoms with Crippen LogP contribution in [-0.4, -0.2) is 23.3 Å². The van der Waals surface area contributed by atoms with Crippen molar-refractivity contribution in [1.82, 2.24) is 15.5 Å². The maximum Gasteiger partial charge on any atom is 0.294 e. The maximum absolute atomic E-state index is 5.56. The molecule has 0 bridgehead atoms. The molecule has 98 valence electrons. The van der Waals surface area contributed by atoms with E-state index in [2.05, 4.69) is 29.4 Å². The third kappa shape index (κ3) is 6.58. The molecule has 1 N–H and O–H groups in total. The van der Waals surface area contributed by atoms with Gasteiger partial charge in [0.15, 0.2) is 0 Å². The summed E-state index contributed by atoms with van der Waals surface area (Å²) < 4.78 is 5.56. The van der Waals surface area contributed by atoms with Crippen molar-refractivity contribution in [3.8, 4) is 5.19 Å². The molecule has 0 aliphatic rings. The SMILES string of the molecule is CCCCCCOc1nnc(CNCCC)s1. The molecule has 0 saturated heterocycles. The second kappa shape index (κ2) is 9.36. The lowest BCUT2D eigenvalue weighted by molar-refractivity contribution is 0.301. The van der Waals surface area contributed by atoms with E-state index in [9.17, 15) is 0 Å². The van der Waals surface area contributed by atoms with Crippen LogP contribution in [0.2, 0.25) is 0 Å². The summed E-state index contributed by atoms with van der Waals surface area (Å²) in [5.41, 5.74) is 0. The molecule has 0 aromatic carbocycles. The number of unbranched alkanes of at least 4 members (excludes halogenated alkanes) is 3. The van der Waals surface area contributed by atoms with Gasteiger partial charge in [-0.1, -0.05) is 44.4 Å². The second-order valence-corrected chi connectivity index (χ2v) is 5.07. The van der Waals surface area contributed by atoms with Crippen LogP contribution in [-0.2, 0) is 6.54 Å². The van der Waals surface area contributed by atoms with Crippen LogP contribution in [0.4, 0.5) is 0 Å². The summed E-state index contributed by atoms with van der Waals surface area (Å²) in [5, 5.41) is 13.1. The second-order valence-electron chi connectivity index (χ2n) is 4.05. The van der Waals surface area contributed by atoms with Gasteiger partial charge >= 0.3 is 0 Å². The molecule has 0 saturated carbocycles. The molecule has 0 fully saturated rings. The Labute approximate surface area is 108 Å². The summed E-state index contributed by atoms with van der Waals surface area (Å²) >= 11 is 1.54. The molecule has 1 rings (SSSR count). The number of hydrogen-bond acceptors (Lipinski definition) is 5. The van der Waals surface area contributed by atoms with Crippen LogP contribution in [0.25, 0.3) is 0 Å². The average molecular weight is 257 g/mol. The minimum Gasteiger partial charge on any atom is -0.469 e. The monoisotopic (exact) mass is 257 g/mol. The molecule has 0 atom stereocenters. The molecule has 0 aliphatic carbocycles. The first-order valence-corrected chi connectivity index (χ1v) is 7.34. The minimum absolute atomic E-state index is 0.704. The Bertz CT molecular complexity index is 291. The van der Waals surface area contributed by atoms with Crippen molar-refractivity contribution < 1.29 is 4.74 Å². The number of nitrogens with zero attached hydrogens (tertiary/aromatic N) is 2. The number of hydrogen-bond donors (Lipinski definition) is 1. The predicted octanol–water partition coefficient (Wildman–Crippen LogP) is 3.00. The molecule has 0 aliphatic heterocycles. The molecule has 1 aromatic rings. The van der Waals surface area contributed by atoms with Crippen molar-refractivity contribution >= 4 is 11.3 Å². The van der Waals surface area contributed by atoms with Gasteiger partial charge in [0.1, 0.15) is 5.01 Å². The van der Waals surface area contributed by atoms with Crippen LogP contribution in [0.3, 0.4) is 0 Å². The Balaban J connectivity index is 2.12. The standard InChI is InChI=1S/C12H23N3OS/c1-3-5-6-7-9-16-12-15-14-11(17-12)10-13-8-4-2/h13H,3-10H2,1-2H3. The van der Waals surface area contributed by atoms with Crippen LogP contribution in [0.5, 0.6) is 5.19 Å². The van der Waals surface area contributed by atoms with Gasteiger partial charge in [-0.15, -0.1) is 10.2 Å². The summed E-state index contributed by atoms with van der Waals surface area (Å²) in [6.45, 7) is 6.94. The fourth-order valence-corrected chi connectivity index (χ4v) is 2.11. The van der Waals surface area contributed by atoms with E-state index < -0.39 is 0 Å². The lowest BCUT2D eigenvalue weighted by Gasteiger charge is -2.00. The van der Waals surface area contributed by atoms with E-state index in [-0.39, 0.29) is 0 Å². The van der Waals surface area contributed by atoms with Gasteiger partial charge in [-0.2, -0.15) is 0 Å². The van der Waals surface area contributed by atoms with Crippen molar-refractivity contribution in [2.45, 2.75) is 52.5 Å². The van der Waals surface area contributed by atoms with Gasteiger partial charge in [0.2, 0.25) is 0 Å². The van der Waals surface area contributed by atoms with E-state index in [1.807, 2.05) is 0 Å². The number of rotatable bonds is 10. The van der Waals surface area contributed by atoms with Crippen LogP contribution >= 0.6 is 11.3 Å². The van der Waals surface area contributed by atoms with E-state index in [4.69, 9.17) is 4.74 Å². The lowest BCUT2D eigenvalue weighted by atomic mass is 10.2. The lowest BCUT2D eigenvalue weighted by Crippen LogP contribution is -2.13. The molecule has 4 nitrogen and oxygen atoms in total. The van der Waals surface area contributed by atoms with Crippen molar-refractivity contribution in [2.75, 3.05) is 13.2 Å². The average Bonchev–Trinajstić information content (AvgIpc) is 2.77. The normalized spacial score (nSPS) is 10.7. The molecule has 0 amide bonds. The summed E-state index contributed by atoms with van der Waals surface area (Å²) in [7, 11) is 0. The van der Waals surface area contributed by atoms with E-state index in [1.165, 1.54) is 19.3 Å². The summed E-state index contributed by atoms with van der Waals surface area (Å²) in [6, 6.07) is 0. The number of aromatic nitrogens is 2. The van der Waals surface area contributed by atoms with Crippen LogP contribution in [0, 0.1) is 0 Å². The first kappa shape index (κ1) is 14.4. The highest BCUT2D eigenvalue weighted by Gasteiger charge is 2.04. The molecule has 0 radical (unpaired) electrons. The zero-order valence-corrected chi connectivity index (χ0v) is 11.7. The zero-order valence-electron chi connectivity index (χ0n) is 10.9. The Morgan fingerprint density at radius 3 is 2.76 bits per heavy atom. The molecular weight excluding hydrogens is 234 g/mol. The largest absolute Gasteiger partial charge is 0.469 e. The molecule has 1 aromatic heterocycles. The smallest absolute Gasteiger partial charge is 0.294 e. The Hall–Kier alpha value is -0.680. The molecule has 5 heteroatoms. The minimum atomic E-state index is 0.704. The highest BCUT2D eigenvalue weighted by Crippen LogP contribution is 2.17. The Morgan fingerprint density at radius 1 is 1.12 bits per heavy atom. The fourth-order valence-electron chi connectivity index (χ4n) is 1.43. The van der Waals surface area contributed by atoms with Crippen molar-refractivity contribution in [2.24, 2.45) is 0 Å². The summed E-state index contributed by atoms with van der Waals surface area (Å²) in [4.78, 5) is 0. The fraction of sp³-hybridized carbons (Fsp3) is 0.833. The van der Waals surface area contributed by atoms with Crippen LogP contribution in [0.15, 0.2) is 0 Å². The Morgan fingerprint density at radius 2 is 2.00 bits per heavy atom. The van der Waals surface area contributed by atoms with E-state index in [1.54, 1.807) is 11.3 Å². The third-order valence-corrected chi connectivity index (χ3v) is 3.21. The zero-order chi connectivity index (χ0) is 12.3. The van der Waals surface area contributed by atoms with Gasteiger partial charge in [-0.3, -0.25) is 0 Å². The van der Waals surface area contributed by atoms with E-state index in [0.29, 0.717) is 5.19 Å². The van der Waals surface area contributed by atoms with Crippen LogP contribution < -0.4 is 10.1 Å². The topological polar surface area (TPSA) is 47.0 Å². The van der Waals surface area contributed by atoms with Gasteiger partial charge in [0, 0.05) is 6.54 Å². The number of ether oxygens (including phenoxy) is 1. The molecular formula is C12H23N3OS.